The van der Waals surface area contributed by atoms with Gasteiger partial charge < -0.3 is 10.2 Å². The lowest BCUT2D eigenvalue weighted by molar-refractivity contribution is 0.369. The molecule has 0 radical (unpaired) electrons. The van der Waals surface area contributed by atoms with Crippen LogP contribution in [0.5, 0.6) is 0 Å². The first-order chi connectivity index (χ1) is 9.17. The molecule has 1 heterocycles. The molecule has 1 saturated heterocycles. The van der Waals surface area contributed by atoms with Gasteiger partial charge in [-0.15, -0.1) is 0 Å². The number of halogens is 1. The molecule has 2 unspecified atom stereocenters. The Balaban J connectivity index is 2.24. The average molecular weight is 281 g/mol. The summed E-state index contributed by atoms with van der Waals surface area (Å²) in [5.41, 5.74) is 2.52. The van der Waals surface area contributed by atoms with Gasteiger partial charge in [-0.05, 0) is 37.5 Å². The number of nitrogens with zero attached hydrogens (tertiary/aromatic N) is 1. The molecule has 1 N–H and O–H groups in total. The van der Waals surface area contributed by atoms with Crippen molar-refractivity contribution in [2.75, 3.05) is 18.0 Å². The van der Waals surface area contributed by atoms with Crippen LogP contribution in [0.4, 0.5) is 5.69 Å². The van der Waals surface area contributed by atoms with Crippen molar-refractivity contribution in [3.63, 3.8) is 0 Å². The molecule has 2 rings (SSSR count). The lowest BCUT2D eigenvalue weighted by Crippen LogP contribution is -2.56. The Labute approximate surface area is 122 Å². The number of nitrogens with one attached hydrogen (secondary N) is 1. The van der Waals surface area contributed by atoms with Crippen LogP contribution in [0.25, 0.3) is 0 Å². The lowest BCUT2D eigenvalue weighted by Gasteiger charge is -2.42. The Kier molecular flexibility index (Phi) is 5.12. The predicted molar refractivity (Wildman–Crippen MR) is 84.3 cm³/mol. The molecule has 0 saturated carbocycles. The summed E-state index contributed by atoms with van der Waals surface area (Å²) in [5, 5.41) is 4.55. The smallest absolute Gasteiger partial charge is 0.0455 e. The van der Waals surface area contributed by atoms with Gasteiger partial charge in [-0.2, -0.15) is 0 Å². The van der Waals surface area contributed by atoms with Crippen LogP contribution in [0.1, 0.15) is 38.7 Å². The standard InChI is InChI=1S/C16H25ClN2/c1-4-7-13-11-19(14(5-2)10-18-13)16-9-6-8-15(17)12(16)3/h6,8-9,13-14,18H,4-5,7,10-11H2,1-3H3. The third-order valence-electron chi connectivity index (χ3n) is 4.16. The SMILES string of the molecule is CCCC1CN(c2cccc(Cl)c2C)C(CC)CN1. The van der Waals surface area contributed by atoms with Gasteiger partial charge in [0.1, 0.15) is 0 Å². The number of anilines is 1. The van der Waals surface area contributed by atoms with Gasteiger partial charge in [0.05, 0.1) is 0 Å². The number of hydrogen-bond acceptors (Lipinski definition) is 2. The van der Waals surface area contributed by atoms with Gasteiger partial charge >= 0.3 is 0 Å². The molecule has 1 aliphatic heterocycles. The van der Waals surface area contributed by atoms with Crippen molar-refractivity contribution in [2.24, 2.45) is 0 Å². The summed E-state index contributed by atoms with van der Waals surface area (Å²) in [4.78, 5) is 2.55. The van der Waals surface area contributed by atoms with E-state index in [0.717, 1.165) is 24.5 Å². The van der Waals surface area contributed by atoms with E-state index in [1.807, 2.05) is 6.07 Å². The second-order valence-corrected chi connectivity index (χ2v) is 5.90. The quantitative estimate of drug-likeness (QED) is 0.897. The fourth-order valence-corrected chi connectivity index (χ4v) is 3.14. The summed E-state index contributed by atoms with van der Waals surface area (Å²) < 4.78 is 0. The van der Waals surface area contributed by atoms with Crippen LogP contribution in [-0.2, 0) is 0 Å². The van der Waals surface area contributed by atoms with Gasteiger partial charge in [-0.25, -0.2) is 0 Å². The molecule has 2 nitrogen and oxygen atoms in total. The maximum Gasteiger partial charge on any atom is 0.0455 e. The Morgan fingerprint density at radius 1 is 1.37 bits per heavy atom. The van der Waals surface area contributed by atoms with Gasteiger partial charge in [0.15, 0.2) is 0 Å². The van der Waals surface area contributed by atoms with E-state index in [4.69, 9.17) is 11.6 Å². The van der Waals surface area contributed by atoms with Crippen molar-refractivity contribution in [1.29, 1.82) is 0 Å². The number of piperazine rings is 1. The molecule has 1 fully saturated rings. The summed E-state index contributed by atoms with van der Waals surface area (Å²) >= 11 is 6.28. The second-order valence-electron chi connectivity index (χ2n) is 5.49. The molecule has 106 valence electrons. The van der Waals surface area contributed by atoms with E-state index in [-0.39, 0.29) is 0 Å². The highest BCUT2D eigenvalue weighted by Gasteiger charge is 2.27. The van der Waals surface area contributed by atoms with E-state index >= 15 is 0 Å². The zero-order chi connectivity index (χ0) is 13.8. The minimum Gasteiger partial charge on any atom is -0.365 e. The molecule has 1 aliphatic rings. The first kappa shape index (κ1) is 14.7. The Hall–Kier alpha value is -0.730. The molecule has 1 aromatic carbocycles. The largest absolute Gasteiger partial charge is 0.365 e. The molecular weight excluding hydrogens is 256 g/mol. The maximum absolute atomic E-state index is 6.28. The fourth-order valence-electron chi connectivity index (χ4n) is 2.97. The van der Waals surface area contributed by atoms with Crippen LogP contribution in [0.3, 0.4) is 0 Å². The Morgan fingerprint density at radius 2 is 2.16 bits per heavy atom. The van der Waals surface area contributed by atoms with Crippen molar-refractivity contribution in [2.45, 2.75) is 52.1 Å². The molecule has 3 heteroatoms. The second kappa shape index (κ2) is 6.62. The average Bonchev–Trinajstić information content (AvgIpc) is 2.42. The van der Waals surface area contributed by atoms with E-state index in [1.54, 1.807) is 0 Å². The van der Waals surface area contributed by atoms with E-state index < -0.39 is 0 Å². The summed E-state index contributed by atoms with van der Waals surface area (Å²) in [6.45, 7) is 8.81. The van der Waals surface area contributed by atoms with Crippen LogP contribution in [0.15, 0.2) is 18.2 Å². The molecule has 19 heavy (non-hydrogen) atoms. The topological polar surface area (TPSA) is 15.3 Å². The van der Waals surface area contributed by atoms with Gasteiger partial charge in [-0.3, -0.25) is 0 Å². The minimum absolute atomic E-state index is 0.574. The van der Waals surface area contributed by atoms with E-state index in [2.05, 4.69) is 43.1 Å². The Morgan fingerprint density at radius 3 is 2.84 bits per heavy atom. The molecule has 0 amide bonds. The highest BCUT2D eigenvalue weighted by Crippen LogP contribution is 2.30. The fraction of sp³-hybridized carbons (Fsp3) is 0.625. The monoisotopic (exact) mass is 280 g/mol. The first-order valence-electron chi connectivity index (χ1n) is 7.42. The lowest BCUT2D eigenvalue weighted by atomic mass is 10.0. The van der Waals surface area contributed by atoms with E-state index in [0.29, 0.717) is 12.1 Å². The van der Waals surface area contributed by atoms with Gasteiger partial charge in [0, 0.05) is 35.9 Å². The number of rotatable bonds is 4. The van der Waals surface area contributed by atoms with Gasteiger partial charge in [-0.1, -0.05) is 37.9 Å². The maximum atomic E-state index is 6.28. The van der Waals surface area contributed by atoms with Crippen LogP contribution >= 0.6 is 11.6 Å². The summed E-state index contributed by atoms with van der Waals surface area (Å²) in [5.74, 6) is 0. The molecule has 0 aliphatic carbocycles. The van der Waals surface area contributed by atoms with Crippen LogP contribution in [-0.4, -0.2) is 25.2 Å². The summed E-state index contributed by atoms with van der Waals surface area (Å²) in [6, 6.07) is 7.43. The van der Waals surface area contributed by atoms with Gasteiger partial charge in [0.25, 0.3) is 0 Å². The van der Waals surface area contributed by atoms with Crippen molar-refractivity contribution in [3.05, 3.63) is 28.8 Å². The van der Waals surface area contributed by atoms with Crippen molar-refractivity contribution in [1.82, 2.24) is 5.32 Å². The molecule has 0 spiro atoms. The van der Waals surface area contributed by atoms with E-state index in [9.17, 15) is 0 Å². The highest BCUT2D eigenvalue weighted by atomic mass is 35.5. The number of benzene rings is 1. The third kappa shape index (κ3) is 3.24. The Bertz CT molecular complexity index is 419. The van der Waals surface area contributed by atoms with Crippen LogP contribution in [0, 0.1) is 6.92 Å². The highest BCUT2D eigenvalue weighted by molar-refractivity contribution is 6.31. The minimum atomic E-state index is 0.574. The molecule has 0 aromatic heterocycles. The van der Waals surface area contributed by atoms with Crippen molar-refractivity contribution >= 4 is 17.3 Å². The van der Waals surface area contributed by atoms with Crippen molar-refractivity contribution < 1.29 is 0 Å². The molecular formula is C16H25ClN2. The normalized spacial score (nSPS) is 23.7. The molecule has 2 atom stereocenters. The van der Waals surface area contributed by atoms with Gasteiger partial charge in [0.2, 0.25) is 0 Å². The van der Waals surface area contributed by atoms with Crippen molar-refractivity contribution in [3.8, 4) is 0 Å². The predicted octanol–water partition coefficient (Wildman–Crippen LogP) is 4.01. The number of hydrogen-bond donors (Lipinski definition) is 1. The zero-order valence-corrected chi connectivity index (χ0v) is 13.0. The van der Waals surface area contributed by atoms with E-state index in [1.165, 1.54) is 24.1 Å². The van der Waals surface area contributed by atoms with Crippen LogP contribution in [0.2, 0.25) is 5.02 Å². The molecule has 1 aromatic rings. The summed E-state index contributed by atoms with van der Waals surface area (Å²) in [6.07, 6.45) is 3.64. The first-order valence-corrected chi connectivity index (χ1v) is 7.80. The molecule has 0 bridgehead atoms. The third-order valence-corrected chi connectivity index (χ3v) is 4.57. The zero-order valence-electron chi connectivity index (χ0n) is 12.2. The van der Waals surface area contributed by atoms with Crippen LogP contribution < -0.4 is 10.2 Å². The summed E-state index contributed by atoms with van der Waals surface area (Å²) in [7, 11) is 0.